The van der Waals surface area contributed by atoms with Gasteiger partial charge in [-0.3, -0.25) is 0 Å². The minimum atomic E-state index is -0.558. The molecule has 0 nitrogen and oxygen atoms in total. The average Bonchev–Trinajstić information content (AvgIpc) is 2.24. The Bertz CT molecular complexity index is 508. The van der Waals surface area contributed by atoms with Crippen LogP contribution in [0.15, 0.2) is 34.8 Å². The average molecular weight is 335 g/mol. The van der Waals surface area contributed by atoms with Crippen LogP contribution in [0, 0.1) is 37.1 Å². The molecular formula is C14H11BrF4. The van der Waals surface area contributed by atoms with Crippen LogP contribution < -0.4 is 0 Å². The molecule has 0 radical (unpaired) electrons. The third-order valence-electron chi connectivity index (χ3n) is 2.14. The summed E-state index contributed by atoms with van der Waals surface area (Å²) >= 11 is 2.76. The monoisotopic (exact) mass is 334 g/mol. The number of benzene rings is 2. The molecule has 0 amide bonds. The summed E-state index contributed by atoms with van der Waals surface area (Å²) in [6.45, 7) is 3.28. The molecule has 2 aromatic carbocycles. The molecule has 0 aliphatic rings. The maximum atomic E-state index is 12.6. The van der Waals surface area contributed by atoms with Gasteiger partial charge in [0.1, 0.15) is 23.3 Å². The molecule has 0 saturated heterocycles. The third kappa shape index (κ3) is 5.03. The van der Waals surface area contributed by atoms with E-state index in [0.29, 0.717) is 11.1 Å². The van der Waals surface area contributed by atoms with Crippen LogP contribution in [0.3, 0.4) is 0 Å². The fourth-order valence-electron chi connectivity index (χ4n) is 1.37. The number of hydrogen-bond donors (Lipinski definition) is 0. The lowest BCUT2D eigenvalue weighted by molar-refractivity contribution is 0.570. The Morgan fingerprint density at radius 3 is 1.42 bits per heavy atom. The second kappa shape index (κ2) is 6.70. The van der Waals surface area contributed by atoms with Gasteiger partial charge in [0.2, 0.25) is 0 Å². The zero-order valence-electron chi connectivity index (χ0n) is 10.3. The van der Waals surface area contributed by atoms with Crippen LogP contribution >= 0.6 is 15.9 Å². The maximum absolute atomic E-state index is 12.6. The Hall–Kier alpha value is -1.36. The van der Waals surface area contributed by atoms with E-state index in [4.69, 9.17) is 0 Å². The second-order valence-electron chi connectivity index (χ2n) is 3.99. The fourth-order valence-corrected chi connectivity index (χ4v) is 1.60. The Labute approximate surface area is 117 Å². The zero-order chi connectivity index (χ0) is 14.6. The van der Waals surface area contributed by atoms with E-state index in [-0.39, 0.29) is 4.47 Å². The van der Waals surface area contributed by atoms with Crippen molar-refractivity contribution in [3.8, 4) is 0 Å². The van der Waals surface area contributed by atoms with Crippen molar-refractivity contribution < 1.29 is 17.6 Å². The highest BCUT2D eigenvalue weighted by Gasteiger charge is 2.04. The van der Waals surface area contributed by atoms with E-state index >= 15 is 0 Å². The van der Waals surface area contributed by atoms with Crippen molar-refractivity contribution in [1.29, 1.82) is 0 Å². The van der Waals surface area contributed by atoms with E-state index in [2.05, 4.69) is 15.9 Å². The van der Waals surface area contributed by atoms with Crippen molar-refractivity contribution in [3.63, 3.8) is 0 Å². The molecule has 19 heavy (non-hydrogen) atoms. The molecule has 0 unspecified atom stereocenters. The molecule has 0 bridgehead atoms. The standard InChI is InChI=1S/C7H5BrF2.C7H6F2/c1-4-2-5(9)7(8)6(10)3-4;1-5-2-6(8)4-7(9)3-5/h2-3H,1H3;2-4H,1H3. The highest BCUT2D eigenvalue weighted by Crippen LogP contribution is 2.20. The lowest BCUT2D eigenvalue weighted by atomic mass is 10.2. The van der Waals surface area contributed by atoms with Crippen LogP contribution in [0.25, 0.3) is 0 Å². The minimum absolute atomic E-state index is 0.0990. The molecule has 0 heterocycles. The first-order valence-electron chi connectivity index (χ1n) is 5.33. The lowest BCUT2D eigenvalue weighted by Gasteiger charge is -1.97. The molecule has 0 aliphatic heterocycles. The smallest absolute Gasteiger partial charge is 0.140 e. The summed E-state index contributed by atoms with van der Waals surface area (Å²) in [7, 11) is 0. The van der Waals surface area contributed by atoms with Crippen LogP contribution in [0.5, 0.6) is 0 Å². The van der Waals surface area contributed by atoms with Gasteiger partial charge in [0.15, 0.2) is 0 Å². The van der Waals surface area contributed by atoms with E-state index in [0.717, 1.165) is 6.07 Å². The van der Waals surface area contributed by atoms with Crippen molar-refractivity contribution in [1.82, 2.24) is 0 Å². The molecule has 102 valence electrons. The van der Waals surface area contributed by atoms with Crippen molar-refractivity contribution in [2.24, 2.45) is 0 Å². The first-order valence-corrected chi connectivity index (χ1v) is 6.12. The number of aryl methyl sites for hydroxylation is 2. The highest BCUT2D eigenvalue weighted by molar-refractivity contribution is 9.10. The van der Waals surface area contributed by atoms with Crippen LogP contribution in [0.2, 0.25) is 0 Å². The van der Waals surface area contributed by atoms with Crippen LogP contribution in [-0.4, -0.2) is 0 Å². The van der Waals surface area contributed by atoms with Gasteiger partial charge in [-0.1, -0.05) is 0 Å². The molecule has 0 aliphatic carbocycles. The fraction of sp³-hybridized carbons (Fsp3) is 0.143. The maximum Gasteiger partial charge on any atom is 0.140 e. The molecule has 0 saturated carbocycles. The Morgan fingerprint density at radius 1 is 0.684 bits per heavy atom. The summed E-state index contributed by atoms with van der Waals surface area (Å²) in [6, 6.07) is 5.96. The second-order valence-corrected chi connectivity index (χ2v) is 4.78. The van der Waals surface area contributed by atoms with E-state index in [1.165, 1.54) is 24.3 Å². The minimum Gasteiger partial charge on any atom is -0.207 e. The molecule has 5 heteroatoms. The quantitative estimate of drug-likeness (QED) is 0.452. The molecule has 0 atom stereocenters. The normalized spacial score (nSPS) is 9.84. The summed E-state index contributed by atoms with van der Waals surface area (Å²) in [5.74, 6) is -2.16. The summed E-state index contributed by atoms with van der Waals surface area (Å²) in [5, 5.41) is 0. The van der Waals surface area contributed by atoms with Crippen molar-refractivity contribution in [2.45, 2.75) is 13.8 Å². The number of halogens is 5. The van der Waals surface area contributed by atoms with Gasteiger partial charge in [-0.25, -0.2) is 17.6 Å². The van der Waals surface area contributed by atoms with Gasteiger partial charge in [0.05, 0.1) is 4.47 Å². The van der Waals surface area contributed by atoms with Gasteiger partial charge >= 0.3 is 0 Å². The largest absolute Gasteiger partial charge is 0.207 e. The molecule has 0 aromatic heterocycles. The van der Waals surface area contributed by atoms with Gasteiger partial charge in [0.25, 0.3) is 0 Å². The van der Waals surface area contributed by atoms with Crippen LogP contribution in [0.4, 0.5) is 17.6 Å². The van der Waals surface area contributed by atoms with Crippen LogP contribution in [-0.2, 0) is 0 Å². The van der Waals surface area contributed by atoms with E-state index < -0.39 is 23.3 Å². The van der Waals surface area contributed by atoms with Gasteiger partial charge in [-0.2, -0.15) is 0 Å². The third-order valence-corrected chi connectivity index (χ3v) is 2.89. The first kappa shape index (κ1) is 15.7. The van der Waals surface area contributed by atoms with Crippen molar-refractivity contribution >= 4 is 15.9 Å². The van der Waals surface area contributed by atoms with Gasteiger partial charge in [0, 0.05) is 6.07 Å². The zero-order valence-corrected chi connectivity index (χ0v) is 11.9. The Balaban J connectivity index is 0.000000191. The summed E-state index contributed by atoms with van der Waals surface area (Å²) in [4.78, 5) is 0. The molecule has 2 aromatic rings. The highest BCUT2D eigenvalue weighted by atomic mass is 79.9. The summed E-state index contributed by atoms with van der Waals surface area (Å²) in [6.07, 6.45) is 0. The van der Waals surface area contributed by atoms with Gasteiger partial charge in [-0.15, -0.1) is 0 Å². The number of rotatable bonds is 0. The topological polar surface area (TPSA) is 0 Å². The molecule has 0 spiro atoms. The molecule has 2 rings (SSSR count). The van der Waals surface area contributed by atoms with E-state index in [1.807, 2.05) is 0 Å². The predicted octanol–water partition coefficient (Wildman–Crippen LogP) is 5.31. The van der Waals surface area contributed by atoms with Gasteiger partial charge in [-0.05, 0) is 65.2 Å². The van der Waals surface area contributed by atoms with E-state index in [9.17, 15) is 17.6 Å². The predicted molar refractivity (Wildman–Crippen MR) is 69.9 cm³/mol. The van der Waals surface area contributed by atoms with Crippen LogP contribution in [0.1, 0.15) is 11.1 Å². The number of hydrogen-bond acceptors (Lipinski definition) is 0. The van der Waals surface area contributed by atoms with Crippen molar-refractivity contribution in [3.05, 3.63) is 69.2 Å². The molecular weight excluding hydrogens is 324 g/mol. The van der Waals surface area contributed by atoms with Crippen molar-refractivity contribution in [2.75, 3.05) is 0 Å². The van der Waals surface area contributed by atoms with E-state index in [1.54, 1.807) is 13.8 Å². The SMILES string of the molecule is Cc1cc(F)c(Br)c(F)c1.Cc1cc(F)cc(F)c1. The Kier molecular flexibility index (Phi) is 5.54. The Morgan fingerprint density at radius 2 is 1.05 bits per heavy atom. The lowest BCUT2D eigenvalue weighted by Crippen LogP contribution is -1.85. The summed E-state index contributed by atoms with van der Waals surface area (Å²) in [5.41, 5.74) is 1.19. The van der Waals surface area contributed by atoms with Gasteiger partial charge < -0.3 is 0 Å². The molecule has 0 N–H and O–H groups in total. The summed E-state index contributed by atoms with van der Waals surface area (Å²) < 4.78 is 49.4. The molecule has 0 fully saturated rings. The first-order chi connectivity index (χ1) is 8.79.